The topological polar surface area (TPSA) is 101 Å². The zero-order valence-corrected chi connectivity index (χ0v) is 19.4. The number of nitrogens with zero attached hydrogens (tertiary/aromatic N) is 1. The van der Waals surface area contributed by atoms with Crippen molar-refractivity contribution in [3.63, 3.8) is 0 Å². The molecule has 0 aliphatic rings. The minimum atomic E-state index is -3.70. The van der Waals surface area contributed by atoms with Gasteiger partial charge in [0.15, 0.2) is 9.84 Å². The van der Waals surface area contributed by atoms with E-state index in [4.69, 9.17) is 0 Å². The first-order valence-corrected chi connectivity index (χ1v) is 13.2. The maximum absolute atomic E-state index is 13.0. The van der Waals surface area contributed by atoms with E-state index in [-0.39, 0.29) is 11.3 Å². The zero-order chi connectivity index (χ0) is 22.7. The Bertz CT molecular complexity index is 1090. The summed E-state index contributed by atoms with van der Waals surface area (Å²) in [5.74, 6) is -0.428. The Hall–Kier alpha value is -2.39. The van der Waals surface area contributed by atoms with Gasteiger partial charge in [0.25, 0.3) is 0 Å². The average molecular weight is 453 g/mol. The van der Waals surface area contributed by atoms with E-state index in [1.165, 1.54) is 12.1 Å². The van der Waals surface area contributed by atoms with E-state index >= 15 is 0 Å². The van der Waals surface area contributed by atoms with E-state index in [1.807, 2.05) is 6.92 Å². The van der Waals surface area contributed by atoms with Gasteiger partial charge in [-0.2, -0.15) is 0 Å². The van der Waals surface area contributed by atoms with Gasteiger partial charge in [-0.1, -0.05) is 36.8 Å². The summed E-state index contributed by atoms with van der Waals surface area (Å²) >= 11 is 0. The molecule has 0 aliphatic heterocycles. The smallest absolute Gasteiger partial charge is 0.244 e. The number of anilines is 1. The molecule has 0 unspecified atom stereocenters. The van der Waals surface area contributed by atoms with E-state index in [2.05, 4.69) is 5.32 Å². The minimum absolute atomic E-state index is 0.193. The van der Waals surface area contributed by atoms with Gasteiger partial charge < -0.3 is 5.32 Å². The Morgan fingerprint density at radius 1 is 0.967 bits per heavy atom. The predicted molar refractivity (Wildman–Crippen MR) is 119 cm³/mol. The summed E-state index contributed by atoms with van der Waals surface area (Å²) in [5.41, 5.74) is 2.12. The number of benzene rings is 2. The van der Waals surface area contributed by atoms with Gasteiger partial charge in [-0.15, -0.1) is 0 Å². The van der Waals surface area contributed by atoms with Crippen molar-refractivity contribution < 1.29 is 21.6 Å². The summed E-state index contributed by atoms with van der Waals surface area (Å²) < 4.78 is 49.4. The summed E-state index contributed by atoms with van der Waals surface area (Å²) in [7, 11) is -7.01. The molecule has 0 spiro atoms. The highest BCUT2D eigenvalue weighted by atomic mass is 32.2. The van der Waals surface area contributed by atoms with Gasteiger partial charge in [0.2, 0.25) is 15.9 Å². The Morgan fingerprint density at radius 2 is 1.50 bits per heavy atom. The number of carbonyl (C=O) groups is 1. The first-order valence-electron chi connectivity index (χ1n) is 9.51. The largest absolute Gasteiger partial charge is 0.348 e. The Morgan fingerprint density at radius 3 is 1.93 bits per heavy atom. The maximum atomic E-state index is 13.0. The van der Waals surface area contributed by atoms with Crippen molar-refractivity contribution in [3.05, 3.63) is 59.7 Å². The standard InChI is InChI=1S/C21H28N2O5S2/c1-6-20(23(30(5,27)28)18-11-7-15(2)8-12-18)21(24)22-16(3)17-9-13-19(14-10-17)29(4,25)26/h7-14,16,20H,6H2,1-5H3,(H,22,24)/t16-,20+/m1/s1. The molecular formula is C21H28N2O5S2. The van der Waals surface area contributed by atoms with E-state index in [0.717, 1.165) is 22.4 Å². The molecule has 0 saturated heterocycles. The second-order valence-electron chi connectivity index (χ2n) is 7.39. The van der Waals surface area contributed by atoms with Crippen molar-refractivity contribution in [3.8, 4) is 0 Å². The van der Waals surface area contributed by atoms with Crippen molar-refractivity contribution in [2.45, 2.75) is 44.2 Å². The fourth-order valence-corrected chi connectivity index (χ4v) is 4.99. The fourth-order valence-electron chi connectivity index (χ4n) is 3.15. The number of hydrogen-bond donors (Lipinski definition) is 1. The predicted octanol–water partition coefficient (Wildman–Crippen LogP) is 2.82. The molecule has 0 saturated carbocycles. The molecule has 0 bridgehead atoms. The van der Waals surface area contributed by atoms with Crippen LogP contribution in [-0.4, -0.2) is 41.3 Å². The monoisotopic (exact) mass is 452 g/mol. The third-order valence-corrected chi connectivity index (χ3v) is 7.09. The van der Waals surface area contributed by atoms with E-state index in [0.29, 0.717) is 11.3 Å². The van der Waals surface area contributed by atoms with Crippen LogP contribution in [0, 0.1) is 6.92 Å². The summed E-state index contributed by atoms with van der Waals surface area (Å²) in [5, 5.41) is 2.84. The van der Waals surface area contributed by atoms with Crippen molar-refractivity contribution in [2.24, 2.45) is 0 Å². The van der Waals surface area contributed by atoms with Crippen LogP contribution in [0.2, 0.25) is 0 Å². The summed E-state index contributed by atoms with van der Waals surface area (Å²) in [4.78, 5) is 13.2. The molecule has 0 heterocycles. The molecule has 0 fully saturated rings. The molecule has 30 heavy (non-hydrogen) atoms. The van der Waals surface area contributed by atoms with Crippen molar-refractivity contribution >= 4 is 31.5 Å². The number of nitrogens with one attached hydrogen (secondary N) is 1. The lowest BCUT2D eigenvalue weighted by atomic mass is 10.1. The van der Waals surface area contributed by atoms with Crippen LogP contribution in [0.25, 0.3) is 0 Å². The lowest BCUT2D eigenvalue weighted by molar-refractivity contribution is -0.122. The van der Waals surface area contributed by atoms with Crippen LogP contribution in [0.5, 0.6) is 0 Å². The molecule has 0 aromatic heterocycles. The Balaban J connectivity index is 2.28. The molecule has 1 N–H and O–H groups in total. The van der Waals surface area contributed by atoms with Crippen LogP contribution in [-0.2, 0) is 24.7 Å². The Kier molecular flexibility index (Phi) is 7.31. The third kappa shape index (κ3) is 5.82. The molecule has 0 radical (unpaired) electrons. The number of sulfonamides is 1. The van der Waals surface area contributed by atoms with Crippen molar-refractivity contribution in [1.82, 2.24) is 5.32 Å². The molecule has 2 atom stereocenters. The normalized spacial score (nSPS) is 14.0. The summed E-state index contributed by atoms with van der Waals surface area (Å²) in [6.45, 7) is 5.41. The SMILES string of the molecule is CC[C@@H](C(=O)N[C@H](C)c1ccc(S(C)(=O)=O)cc1)N(c1ccc(C)cc1)S(C)(=O)=O. The highest BCUT2D eigenvalue weighted by molar-refractivity contribution is 7.92. The molecule has 7 nitrogen and oxygen atoms in total. The lowest BCUT2D eigenvalue weighted by Crippen LogP contribution is -2.49. The molecule has 1 amide bonds. The lowest BCUT2D eigenvalue weighted by Gasteiger charge is -2.31. The molecule has 9 heteroatoms. The van der Waals surface area contributed by atoms with Gasteiger partial charge in [0, 0.05) is 6.26 Å². The van der Waals surface area contributed by atoms with Crippen LogP contribution in [0.15, 0.2) is 53.4 Å². The number of hydrogen-bond acceptors (Lipinski definition) is 5. The van der Waals surface area contributed by atoms with Gasteiger partial charge in [-0.3, -0.25) is 9.10 Å². The van der Waals surface area contributed by atoms with E-state index in [9.17, 15) is 21.6 Å². The highest BCUT2D eigenvalue weighted by Gasteiger charge is 2.32. The summed E-state index contributed by atoms with van der Waals surface area (Å²) in [6, 6.07) is 11.8. The average Bonchev–Trinajstić information content (AvgIpc) is 2.65. The van der Waals surface area contributed by atoms with Gasteiger partial charge in [-0.25, -0.2) is 16.8 Å². The van der Waals surface area contributed by atoms with Gasteiger partial charge >= 0.3 is 0 Å². The first-order chi connectivity index (χ1) is 13.8. The van der Waals surface area contributed by atoms with Crippen LogP contribution in [0.1, 0.15) is 37.4 Å². The van der Waals surface area contributed by atoms with Crippen LogP contribution < -0.4 is 9.62 Å². The minimum Gasteiger partial charge on any atom is -0.348 e. The first kappa shape index (κ1) is 23.9. The van der Waals surface area contributed by atoms with Gasteiger partial charge in [0.05, 0.1) is 22.9 Å². The number of sulfone groups is 1. The zero-order valence-electron chi connectivity index (χ0n) is 17.8. The molecule has 164 valence electrons. The van der Waals surface area contributed by atoms with Crippen LogP contribution in [0.3, 0.4) is 0 Å². The van der Waals surface area contributed by atoms with Crippen molar-refractivity contribution in [1.29, 1.82) is 0 Å². The number of amides is 1. The number of aryl methyl sites for hydroxylation is 1. The number of rotatable bonds is 8. The molecule has 0 aliphatic carbocycles. The molecule has 2 aromatic rings. The van der Waals surface area contributed by atoms with Crippen molar-refractivity contribution in [2.75, 3.05) is 16.8 Å². The van der Waals surface area contributed by atoms with Gasteiger partial charge in [0.1, 0.15) is 6.04 Å². The molecule has 2 aromatic carbocycles. The Labute approximate surface area is 179 Å². The fraction of sp³-hybridized carbons (Fsp3) is 0.381. The molecular weight excluding hydrogens is 424 g/mol. The third-order valence-electron chi connectivity index (χ3n) is 4.79. The highest BCUT2D eigenvalue weighted by Crippen LogP contribution is 2.24. The van der Waals surface area contributed by atoms with Gasteiger partial charge in [-0.05, 0) is 50.1 Å². The summed E-state index contributed by atoms with van der Waals surface area (Å²) in [6.07, 6.45) is 2.49. The van der Waals surface area contributed by atoms with E-state index < -0.39 is 37.9 Å². The van der Waals surface area contributed by atoms with Crippen LogP contribution >= 0.6 is 0 Å². The van der Waals surface area contributed by atoms with E-state index in [1.54, 1.807) is 50.2 Å². The quantitative estimate of drug-likeness (QED) is 0.664. The molecule has 2 rings (SSSR count). The number of carbonyl (C=O) groups excluding carboxylic acids is 1. The second-order valence-corrected chi connectivity index (χ2v) is 11.3. The van der Waals surface area contributed by atoms with Crippen LogP contribution in [0.4, 0.5) is 5.69 Å². The maximum Gasteiger partial charge on any atom is 0.244 e. The second kappa shape index (κ2) is 9.18.